The van der Waals surface area contributed by atoms with Crippen LogP contribution in [0.4, 0.5) is 0 Å². The molecule has 7 N–H and O–H groups in total. The van der Waals surface area contributed by atoms with Crippen molar-refractivity contribution in [2.24, 2.45) is 28.6 Å². The van der Waals surface area contributed by atoms with Gasteiger partial charge in [-0.2, -0.15) is 8.42 Å². The molecule has 1 aromatic carbocycles. The van der Waals surface area contributed by atoms with Crippen LogP contribution in [0.3, 0.4) is 0 Å². The van der Waals surface area contributed by atoms with Crippen molar-refractivity contribution in [1.82, 2.24) is 5.32 Å². The van der Waals surface area contributed by atoms with Crippen LogP contribution in [0.5, 0.6) is 5.75 Å². The summed E-state index contributed by atoms with van der Waals surface area (Å²) in [6.45, 7) is 25.9. The number of phosphoric ester groups is 1. The number of hydrogen-bond donors (Lipinski definition) is 7. The Hall–Kier alpha value is -5.77. The van der Waals surface area contributed by atoms with E-state index in [4.69, 9.17) is 58.1 Å². The van der Waals surface area contributed by atoms with E-state index in [1.807, 2.05) is 41.5 Å². The molecule has 0 bridgehead atoms. The number of esters is 5. The van der Waals surface area contributed by atoms with Gasteiger partial charge in [0.25, 0.3) is 10.1 Å². The Morgan fingerprint density at radius 2 is 1.00 bits per heavy atom. The average molecular weight is 1240 g/mol. The van der Waals surface area contributed by atoms with Gasteiger partial charge in [-0.1, -0.05) is 55.4 Å². The highest BCUT2D eigenvalue weighted by Gasteiger charge is 2.29. The highest BCUT2D eigenvalue weighted by Crippen LogP contribution is 2.35. The van der Waals surface area contributed by atoms with Gasteiger partial charge in [-0.15, -0.1) is 0 Å². The maximum absolute atomic E-state index is 11.6. The van der Waals surface area contributed by atoms with Crippen molar-refractivity contribution in [3.05, 3.63) is 29.8 Å². The van der Waals surface area contributed by atoms with Crippen LogP contribution in [0.2, 0.25) is 0 Å². The monoisotopic (exact) mass is 1240 g/mol. The molecule has 0 saturated carbocycles. The zero-order valence-electron chi connectivity index (χ0n) is 50.7. The van der Waals surface area contributed by atoms with E-state index in [-0.39, 0.29) is 132 Å². The highest BCUT2D eigenvalue weighted by molar-refractivity contribution is 7.85. The molecule has 0 aliphatic carbocycles. The van der Waals surface area contributed by atoms with Crippen molar-refractivity contribution in [2.75, 3.05) is 65.2 Å². The number of aromatic carboxylic acids is 1. The van der Waals surface area contributed by atoms with E-state index in [1.165, 1.54) is 12.1 Å². The quantitative estimate of drug-likeness (QED) is 0.0117. The normalized spacial score (nSPS) is 12.3. The van der Waals surface area contributed by atoms with Gasteiger partial charge in [-0.05, 0) is 97.9 Å². The molecule has 1 rings (SSSR count). The number of benzene rings is 1. The summed E-state index contributed by atoms with van der Waals surface area (Å²) in [6, 6.07) is 6.06. The van der Waals surface area contributed by atoms with Crippen LogP contribution in [-0.2, 0) is 86.0 Å². The van der Waals surface area contributed by atoms with Gasteiger partial charge in [0.1, 0.15) is 32.2 Å². The lowest BCUT2D eigenvalue weighted by molar-refractivity contribution is -0.156. The molecule has 0 aromatic heterocycles. The Bertz CT molecular complexity index is 2250. The number of carbonyl (C=O) groups excluding carboxylic acids is 6. The predicted octanol–water partition coefficient (Wildman–Crippen LogP) is 7.07. The number of carbonyl (C=O) groups is 9. The summed E-state index contributed by atoms with van der Waals surface area (Å²) in [5, 5.41) is 27.9. The van der Waals surface area contributed by atoms with Crippen LogP contribution in [0, 0.1) is 28.6 Å². The Balaban J connectivity index is -0.000000474. The molecule has 0 radical (unpaired) electrons. The molecular formula is C54H94NO26PS. The fourth-order valence-corrected chi connectivity index (χ4v) is 6.16. The lowest BCUT2D eigenvalue weighted by Gasteiger charge is -2.26. The van der Waals surface area contributed by atoms with E-state index in [0.717, 1.165) is 6.42 Å². The standard InChI is InChI=1S/C14H18O5.C13H22O6.C10H21O7P.C9H19NO4S.C8H14O4/c1-3-10(2)14(17)19-9-8-18-12-6-4-11(5-7-12)13(15)16;1-4-13(2,3)12(17)19-9-5-8-18-11(16)7-6-10(14)15;1-4-10(2,3)9(11)16-7-5-15-6-8-17-18(12,13)14;1-5-7(2)8(11)10-9(3,4)6-15(12,13)14;1-3-6(2)8(11)12-5-4-7(9)10/h4-7,10H,3,8-9H2,1-2H3,(H,15,16);4-9H2,1-3H3,(H,14,15);4-8H2,1-3H3,(H2,12,13,14);7H,5-6H2,1-4H3,(H,10,11)(H,12,13,14);6H,3-5H2,1-2H3,(H,9,10). The number of rotatable bonds is 35. The van der Waals surface area contributed by atoms with Crippen LogP contribution >= 0.6 is 7.82 Å². The molecule has 0 saturated heterocycles. The van der Waals surface area contributed by atoms with Crippen LogP contribution in [-0.4, -0.2) is 162 Å². The molecule has 0 fully saturated rings. The minimum absolute atomic E-state index is 0.0276. The number of hydrogen-bond acceptors (Lipinski definition) is 20. The SMILES string of the molecule is CCC(C)(C)C(=O)OCCCOC(=O)CCC(=O)O.CCC(C)(C)C(=O)OCCOCCOP(=O)(O)O.CCC(C)C(=O)NC(C)(C)CS(=O)(=O)O.CCC(C)C(=O)OCCC(=O)O.CCC(C)C(=O)OCCOc1ccc(C(=O)O)cc1. The number of nitrogens with one attached hydrogen (secondary N) is 1. The van der Waals surface area contributed by atoms with E-state index in [0.29, 0.717) is 37.9 Å². The van der Waals surface area contributed by atoms with Crippen molar-refractivity contribution in [3.8, 4) is 5.75 Å². The van der Waals surface area contributed by atoms with Gasteiger partial charge in [0, 0.05) is 12.3 Å². The first-order valence-electron chi connectivity index (χ1n) is 27.0. The summed E-state index contributed by atoms with van der Waals surface area (Å²) in [6.07, 6.45) is 3.43. The Morgan fingerprint density at radius 3 is 1.42 bits per heavy atom. The molecule has 3 unspecified atom stereocenters. The summed E-state index contributed by atoms with van der Waals surface area (Å²) < 4.78 is 79.3. The largest absolute Gasteiger partial charge is 0.490 e. The third-order valence-electron chi connectivity index (χ3n) is 11.5. The number of ether oxygens (including phenoxy) is 7. The maximum atomic E-state index is 11.6. The fraction of sp³-hybridized carbons (Fsp3) is 0.722. The zero-order chi connectivity index (χ0) is 65.2. The van der Waals surface area contributed by atoms with Crippen molar-refractivity contribution < 1.29 is 123 Å². The third kappa shape index (κ3) is 49.4. The van der Waals surface area contributed by atoms with Gasteiger partial charge in [0.15, 0.2) is 0 Å². The molecule has 1 amide bonds. The summed E-state index contributed by atoms with van der Waals surface area (Å²) in [4.78, 5) is 116. The number of carboxylic acid groups (broad SMARTS) is 3. The van der Waals surface area contributed by atoms with Gasteiger partial charge < -0.3 is 63.6 Å². The van der Waals surface area contributed by atoms with Crippen molar-refractivity contribution in [2.45, 2.75) is 160 Å². The Morgan fingerprint density at radius 1 is 0.566 bits per heavy atom. The minimum atomic E-state index is -4.43. The first-order chi connectivity index (χ1) is 38.2. The molecular weight excluding hydrogens is 1140 g/mol. The minimum Gasteiger partial charge on any atom is -0.490 e. The number of carboxylic acids is 3. The van der Waals surface area contributed by atoms with Crippen LogP contribution in [0.1, 0.15) is 165 Å². The molecule has 1 aromatic rings. The van der Waals surface area contributed by atoms with Crippen LogP contribution in [0.25, 0.3) is 0 Å². The summed E-state index contributed by atoms with van der Waals surface area (Å²) >= 11 is 0. The van der Waals surface area contributed by atoms with E-state index in [2.05, 4.69) is 14.6 Å². The Kier molecular flexibility index (Phi) is 45.1. The topological polar surface area (TPSA) is 412 Å². The number of amides is 1. The van der Waals surface area contributed by atoms with E-state index in [1.54, 1.807) is 67.5 Å². The smallest absolute Gasteiger partial charge is 0.469 e. The van der Waals surface area contributed by atoms with Crippen molar-refractivity contribution in [3.63, 3.8) is 0 Å². The van der Waals surface area contributed by atoms with Gasteiger partial charge in [-0.25, -0.2) is 9.36 Å². The van der Waals surface area contributed by atoms with Gasteiger partial charge in [0.2, 0.25) is 5.91 Å². The molecule has 0 aliphatic heterocycles. The van der Waals surface area contributed by atoms with Gasteiger partial charge in [-0.3, -0.25) is 47.4 Å². The molecule has 83 heavy (non-hydrogen) atoms. The molecule has 0 heterocycles. The Labute approximate surface area is 488 Å². The van der Waals surface area contributed by atoms with E-state index >= 15 is 0 Å². The fourth-order valence-electron chi connectivity index (χ4n) is 4.87. The first-order valence-corrected chi connectivity index (χ1v) is 30.1. The lowest BCUT2D eigenvalue weighted by Crippen LogP contribution is -2.49. The van der Waals surface area contributed by atoms with Crippen LogP contribution < -0.4 is 10.1 Å². The summed E-state index contributed by atoms with van der Waals surface area (Å²) in [5.41, 5.74) is -1.76. The lowest BCUT2D eigenvalue weighted by atomic mass is 9.91. The first kappa shape index (κ1) is 83.7. The third-order valence-corrected chi connectivity index (χ3v) is 13.1. The maximum Gasteiger partial charge on any atom is 0.469 e. The molecule has 0 aliphatic rings. The summed E-state index contributed by atoms with van der Waals surface area (Å²) in [7, 11) is -8.50. The summed E-state index contributed by atoms with van der Waals surface area (Å²) in [5.74, 6) is -5.17. The second kappa shape index (κ2) is 44.7. The second-order valence-electron chi connectivity index (χ2n) is 20.3. The van der Waals surface area contributed by atoms with E-state index in [9.17, 15) is 56.1 Å². The van der Waals surface area contributed by atoms with E-state index < -0.39 is 63.9 Å². The molecule has 29 heteroatoms. The molecule has 27 nitrogen and oxygen atoms in total. The second-order valence-corrected chi connectivity index (χ2v) is 23.0. The van der Waals surface area contributed by atoms with Crippen molar-refractivity contribution >= 4 is 71.6 Å². The van der Waals surface area contributed by atoms with Crippen molar-refractivity contribution in [1.29, 1.82) is 0 Å². The predicted molar refractivity (Wildman–Crippen MR) is 301 cm³/mol. The molecule has 482 valence electrons. The number of aliphatic carboxylic acids is 2. The molecule has 0 spiro atoms. The molecule has 3 atom stereocenters. The highest BCUT2D eigenvalue weighted by atomic mass is 32.2. The van der Waals surface area contributed by atoms with Gasteiger partial charge in [0.05, 0.1) is 91.8 Å². The van der Waals surface area contributed by atoms with Crippen LogP contribution in [0.15, 0.2) is 24.3 Å². The average Bonchev–Trinajstić information content (AvgIpc) is 3.39. The zero-order valence-corrected chi connectivity index (χ0v) is 52.4. The van der Waals surface area contributed by atoms with Gasteiger partial charge >= 0.3 is 55.6 Å². The number of phosphoric acid groups is 1.